The van der Waals surface area contributed by atoms with E-state index in [-0.39, 0.29) is 5.91 Å². The number of halogens is 1. The molecule has 1 aromatic heterocycles. The van der Waals surface area contributed by atoms with Crippen molar-refractivity contribution in [1.82, 2.24) is 4.98 Å². The van der Waals surface area contributed by atoms with E-state index in [0.717, 1.165) is 22.7 Å². The summed E-state index contributed by atoms with van der Waals surface area (Å²) in [5, 5.41) is 4.41. The second-order valence-electron chi connectivity index (χ2n) is 5.37. The highest BCUT2D eigenvalue weighted by molar-refractivity contribution is 7.12. The summed E-state index contributed by atoms with van der Waals surface area (Å²) in [6, 6.07) is 14.7. The van der Waals surface area contributed by atoms with Gasteiger partial charge >= 0.3 is 0 Å². The monoisotopic (exact) mass is 356 g/mol. The van der Waals surface area contributed by atoms with Gasteiger partial charge in [-0.3, -0.25) is 4.79 Å². The number of amides is 1. The van der Waals surface area contributed by atoms with E-state index < -0.39 is 0 Å². The Balaban J connectivity index is 1.81. The largest absolute Gasteiger partial charge is 0.321 e. The number of carbonyl (C=O) groups is 1. The average molecular weight is 357 g/mol. The Hall–Kier alpha value is -2.17. The molecular weight excluding hydrogens is 340 g/mol. The second-order valence-corrected chi connectivity index (χ2v) is 7.06. The summed E-state index contributed by atoms with van der Waals surface area (Å²) >= 11 is 7.79. The molecule has 0 radical (unpaired) electrons. The van der Waals surface area contributed by atoms with Crippen LogP contribution < -0.4 is 5.32 Å². The maximum absolute atomic E-state index is 12.4. The number of carbonyl (C=O) groups excluding carboxylic acids is 1. The van der Waals surface area contributed by atoms with Gasteiger partial charge in [0.25, 0.3) is 5.91 Å². The number of rotatable bonds is 4. The topological polar surface area (TPSA) is 42.0 Å². The SMILES string of the molecule is CCc1sc(C)nc1-c1ccc(C(=O)Nc2ccccc2Cl)cc1. The van der Waals surface area contributed by atoms with Gasteiger partial charge in [-0.05, 0) is 37.6 Å². The lowest BCUT2D eigenvalue weighted by molar-refractivity contribution is 0.102. The number of nitrogens with one attached hydrogen (secondary N) is 1. The van der Waals surface area contributed by atoms with Gasteiger partial charge in [0.05, 0.1) is 21.4 Å². The van der Waals surface area contributed by atoms with E-state index in [1.165, 1.54) is 4.88 Å². The fraction of sp³-hybridized carbons (Fsp3) is 0.158. The minimum atomic E-state index is -0.181. The minimum absolute atomic E-state index is 0.181. The van der Waals surface area contributed by atoms with Crippen LogP contribution in [0.3, 0.4) is 0 Å². The van der Waals surface area contributed by atoms with E-state index in [4.69, 9.17) is 11.6 Å². The maximum atomic E-state index is 12.4. The molecule has 0 saturated heterocycles. The zero-order valence-corrected chi connectivity index (χ0v) is 15.0. The summed E-state index contributed by atoms with van der Waals surface area (Å²) in [6.07, 6.45) is 0.954. The molecule has 1 amide bonds. The van der Waals surface area contributed by atoms with Crippen LogP contribution in [-0.4, -0.2) is 10.9 Å². The third-order valence-electron chi connectivity index (χ3n) is 3.67. The van der Waals surface area contributed by atoms with Crippen LogP contribution in [0.4, 0.5) is 5.69 Å². The Bertz CT molecular complexity index is 871. The summed E-state index contributed by atoms with van der Waals surface area (Å²) < 4.78 is 0. The van der Waals surface area contributed by atoms with E-state index in [9.17, 15) is 4.79 Å². The van der Waals surface area contributed by atoms with Crippen LogP contribution in [0, 0.1) is 6.92 Å². The molecule has 1 N–H and O–H groups in total. The number of benzene rings is 2. The molecule has 0 aliphatic carbocycles. The van der Waals surface area contributed by atoms with Crippen molar-refractivity contribution >= 4 is 34.5 Å². The fourth-order valence-corrected chi connectivity index (χ4v) is 3.55. The molecule has 2 aromatic carbocycles. The number of hydrogen-bond acceptors (Lipinski definition) is 3. The molecule has 0 unspecified atom stereocenters. The highest BCUT2D eigenvalue weighted by Crippen LogP contribution is 2.29. The first-order valence-electron chi connectivity index (χ1n) is 7.71. The zero-order valence-electron chi connectivity index (χ0n) is 13.5. The van der Waals surface area contributed by atoms with Crippen LogP contribution >= 0.6 is 22.9 Å². The Morgan fingerprint density at radius 3 is 2.54 bits per heavy atom. The second kappa shape index (κ2) is 7.16. The van der Waals surface area contributed by atoms with Crippen molar-refractivity contribution in [2.24, 2.45) is 0 Å². The van der Waals surface area contributed by atoms with Crippen molar-refractivity contribution in [2.75, 3.05) is 5.32 Å². The summed E-state index contributed by atoms with van der Waals surface area (Å²) in [5.41, 5.74) is 3.24. The summed E-state index contributed by atoms with van der Waals surface area (Å²) in [5.74, 6) is -0.181. The van der Waals surface area contributed by atoms with Gasteiger partial charge < -0.3 is 5.32 Å². The molecule has 3 aromatic rings. The van der Waals surface area contributed by atoms with Crippen molar-refractivity contribution < 1.29 is 4.79 Å². The average Bonchev–Trinajstić information content (AvgIpc) is 2.98. The van der Waals surface area contributed by atoms with Crippen molar-refractivity contribution in [1.29, 1.82) is 0 Å². The molecule has 3 nitrogen and oxygen atoms in total. The first-order valence-corrected chi connectivity index (χ1v) is 8.90. The van der Waals surface area contributed by atoms with Crippen molar-refractivity contribution in [3.05, 3.63) is 69.0 Å². The molecule has 0 spiro atoms. The normalized spacial score (nSPS) is 10.6. The predicted octanol–water partition coefficient (Wildman–Crippen LogP) is 5.59. The molecule has 5 heteroatoms. The van der Waals surface area contributed by atoms with Crippen LogP contribution in [0.1, 0.15) is 27.2 Å². The standard InChI is InChI=1S/C19H17ClN2OS/c1-3-17-18(21-12(2)24-17)13-8-10-14(11-9-13)19(23)22-16-7-5-4-6-15(16)20/h4-11H,3H2,1-2H3,(H,22,23). The molecule has 1 heterocycles. The lowest BCUT2D eigenvalue weighted by atomic mass is 10.1. The van der Waals surface area contributed by atoms with Gasteiger partial charge in [0, 0.05) is 16.0 Å². The van der Waals surface area contributed by atoms with Gasteiger partial charge in [-0.1, -0.05) is 42.8 Å². The van der Waals surface area contributed by atoms with Gasteiger partial charge in [-0.15, -0.1) is 11.3 Å². The maximum Gasteiger partial charge on any atom is 0.255 e. The number of aromatic nitrogens is 1. The van der Waals surface area contributed by atoms with Gasteiger partial charge in [-0.25, -0.2) is 4.98 Å². The highest BCUT2D eigenvalue weighted by Gasteiger charge is 2.12. The molecule has 3 rings (SSSR count). The Morgan fingerprint density at radius 1 is 1.17 bits per heavy atom. The van der Waals surface area contributed by atoms with Crippen molar-refractivity contribution in [2.45, 2.75) is 20.3 Å². The van der Waals surface area contributed by atoms with E-state index in [1.807, 2.05) is 43.3 Å². The third kappa shape index (κ3) is 3.50. The van der Waals surface area contributed by atoms with Gasteiger partial charge in [0.2, 0.25) is 0 Å². The van der Waals surface area contributed by atoms with Gasteiger partial charge in [-0.2, -0.15) is 0 Å². The predicted molar refractivity (Wildman–Crippen MR) is 101 cm³/mol. The Labute approximate surface area is 150 Å². The van der Waals surface area contributed by atoms with E-state index >= 15 is 0 Å². The van der Waals surface area contributed by atoms with Crippen LogP contribution in [0.15, 0.2) is 48.5 Å². The summed E-state index contributed by atoms with van der Waals surface area (Å²) in [4.78, 5) is 18.2. The van der Waals surface area contributed by atoms with Crippen LogP contribution in [0.25, 0.3) is 11.3 Å². The van der Waals surface area contributed by atoms with Gasteiger partial charge in [0.15, 0.2) is 0 Å². The molecule has 0 atom stereocenters. The number of anilines is 1. The third-order valence-corrected chi connectivity index (χ3v) is 5.11. The smallest absolute Gasteiger partial charge is 0.255 e. The molecule has 0 fully saturated rings. The Kier molecular flexibility index (Phi) is 4.97. The number of hydrogen-bond donors (Lipinski definition) is 1. The number of thiazole rings is 1. The van der Waals surface area contributed by atoms with Crippen molar-refractivity contribution in [3.8, 4) is 11.3 Å². The number of nitrogens with zero attached hydrogens (tertiary/aromatic N) is 1. The minimum Gasteiger partial charge on any atom is -0.321 e. The first-order chi connectivity index (χ1) is 11.6. The molecule has 24 heavy (non-hydrogen) atoms. The first kappa shape index (κ1) is 16.7. The quantitative estimate of drug-likeness (QED) is 0.662. The summed E-state index contributed by atoms with van der Waals surface area (Å²) in [7, 11) is 0. The van der Waals surface area contributed by atoms with Crippen LogP contribution in [0.2, 0.25) is 5.02 Å². The lowest BCUT2D eigenvalue weighted by Gasteiger charge is -2.07. The zero-order chi connectivity index (χ0) is 17.1. The number of para-hydroxylation sites is 1. The lowest BCUT2D eigenvalue weighted by Crippen LogP contribution is -2.12. The van der Waals surface area contributed by atoms with E-state index in [1.54, 1.807) is 23.5 Å². The number of aryl methyl sites for hydroxylation is 2. The molecule has 122 valence electrons. The molecule has 0 aliphatic rings. The van der Waals surface area contributed by atoms with Crippen molar-refractivity contribution in [3.63, 3.8) is 0 Å². The summed E-state index contributed by atoms with van der Waals surface area (Å²) in [6.45, 7) is 4.14. The van der Waals surface area contributed by atoms with Crippen LogP contribution in [0.5, 0.6) is 0 Å². The van der Waals surface area contributed by atoms with Gasteiger partial charge in [0.1, 0.15) is 0 Å². The molecule has 0 saturated carbocycles. The Morgan fingerprint density at radius 2 is 1.88 bits per heavy atom. The molecular formula is C19H17ClN2OS. The molecule has 0 bridgehead atoms. The highest BCUT2D eigenvalue weighted by atomic mass is 35.5. The fourth-order valence-electron chi connectivity index (χ4n) is 2.47. The van der Waals surface area contributed by atoms with E-state index in [2.05, 4.69) is 17.2 Å². The van der Waals surface area contributed by atoms with Crippen LogP contribution in [-0.2, 0) is 6.42 Å². The van der Waals surface area contributed by atoms with E-state index in [0.29, 0.717) is 16.3 Å². The molecule has 0 aliphatic heterocycles.